The first kappa shape index (κ1) is 13.2. The summed E-state index contributed by atoms with van der Waals surface area (Å²) in [5.41, 5.74) is 7.55. The zero-order valence-corrected chi connectivity index (χ0v) is 11.0. The molecule has 0 radical (unpaired) electrons. The summed E-state index contributed by atoms with van der Waals surface area (Å²) in [7, 11) is 0. The molecule has 0 atom stereocenters. The second-order valence-corrected chi connectivity index (χ2v) is 4.39. The van der Waals surface area contributed by atoms with Crippen LogP contribution in [0.15, 0.2) is 36.5 Å². The number of nitrogens with two attached hydrogens (primary N) is 1. The minimum Gasteiger partial charge on any atom is -0.397 e. The number of carbonyl (C=O) groups excluding carboxylic acids is 1. The van der Waals surface area contributed by atoms with Crippen molar-refractivity contribution in [1.29, 1.82) is 0 Å². The highest BCUT2D eigenvalue weighted by Gasteiger charge is 2.04. The van der Waals surface area contributed by atoms with Crippen LogP contribution < -0.4 is 16.4 Å². The number of halogens is 1. The Morgan fingerprint density at radius 3 is 2.74 bits per heavy atom. The maximum Gasteiger partial charge on any atom is 0.221 e. The first-order chi connectivity index (χ1) is 9.04. The average Bonchev–Trinajstić information content (AvgIpc) is 2.32. The molecule has 4 N–H and O–H groups in total. The van der Waals surface area contributed by atoms with Gasteiger partial charge >= 0.3 is 0 Å². The fourth-order valence-electron chi connectivity index (χ4n) is 1.56. The second kappa shape index (κ2) is 5.58. The summed E-state index contributed by atoms with van der Waals surface area (Å²) in [5.74, 6) is 0.386. The molecule has 6 heteroatoms. The Labute approximate surface area is 115 Å². The van der Waals surface area contributed by atoms with Crippen LogP contribution in [-0.2, 0) is 4.79 Å². The second-order valence-electron chi connectivity index (χ2n) is 3.99. The van der Waals surface area contributed by atoms with Gasteiger partial charge in [0.1, 0.15) is 5.82 Å². The molecule has 0 spiro atoms. The summed E-state index contributed by atoms with van der Waals surface area (Å²) in [6.45, 7) is 1.46. The average molecular weight is 277 g/mol. The molecule has 5 nitrogen and oxygen atoms in total. The molecular formula is C13H13ClN4O. The highest BCUT2D eigenvalue weighted by atomic mass is 35.5. The molecule has 0 aliphatic heterocycles. The molecule has 0 bridgehead atoms. The molecule has 0 saturated heterocycles. The molecule has 0 aliphatic carbocycles. The number of hydrogen-bond acceptors (Lipinski definition) is 4. The van der Waals surface area contributed by atoms with Gasteiger partial charge < -0.3 is 16.4 Å². The quantitative estimate of drug-likeness (QED) is 0.805. The van der Waals surface area contributed by atoms with Crippen LogP contribution in [0.25, 0.3) is 0 Å². The van der Waals surface area contributed by atoms with Crippen LogP contribution in [0.4, 0.5) is 22.9 Å². The van der Waals surface area contributed by atoms with Crippen LogP contribution in [0, 0.1) is 0 Å². The summed E-state index contributed by atoms with van der Waals surface area (Å²) in [4.78, 5) is 15.1. The third-order valence-corrected chi connectivity index (χ3v) is 2.60. The third kappa shape index (κ3) is 3.59. The summed E-state index contributed by atoms with van der Waals surface area (Å²) >= 11 is 6.03. The maximum absolute atomic E-state index is 11.0. The Morgan fingerprint density at radius 1 is 1.32 bits per heavy atom. The first-order valence-corrected chi connectivity index (χ1v) is 5.98. The van der Waals surface area contributed by atoms with Crippen molar-refractivity contribution in [3.05, 3.63) is 41.6 Å². The standard InChI is InChI=1S/C13H13ClN4O/c1-8(19)17-10-3-2-4-11(6-10)18-13-12(14)5-9(15)7-16-13/h2-7H,15H2,1H3,(H,16,18)(H,17,19). The molecule has 0 unspecified atom stereocenters. The van der Waals surface area contributed by atoms with E-state index in [2.05, 4.69) is 15.6 Å². The third-order valence-electron chi connectivity index (χ3n) is 2.31. The molecule has 1 amide bonds. The van der Waals surface area contributed by atoms with Gasteiger partial charge in [0.05, 0.1) is 16.9 Å². The van der Waals surface area contributed by atoms with Crippen molar-refractivity contribution < 1.29 is 4.79 Å². The number of nitrogen functional groups attached to an aromatic ring is 1. The van der Waals surface area contributed by atoms with Gasteiger partial charge in [0, 0.05) is 18.3 Å². The SMILES string of the molecule is CC(=O)Nc1cccc(Nc2ncc(N)cc2Cl)c1. The number of amides is 1. The van der Waals surface area contributed by atoms with E-state index in [-0.39, 0.29) is 5.91 Å². The van der Waals surface area contributed by atoms with Crippen molar-refractivity contribution >= 4 is 40.4 Å². The van der Waals surface area contributed by atoms with Crippen LogP contribution >= 0.6 is 11.6 Å². The lowest BCUT2D eigenvalue weighted by molar-refractivity contribution is -0.114. The van der Waals surface area contributed by atoms with Crippen molar-refractivity contribution in [2.24, 2.45) is 0 Å². The van der Waals surface area contributed by atoms with Gasteiger partial charge in [-0.1, -0.05) is 17.7 Å². The van der Waals surface area contributed by atoms with Crippen LogP contribution in [0.2, 0.25) is 5.02 Å². The van der Waals surface area contributed by atoms with E-state index in [0.717, 1.165) is 5.69 Å². The predicted octanol–water partition coefficient (Wildman–Crippen LogP) is 3.02. The van der Waals surface area contributed by atoms with Crippen LogP contribution in [0.5, 0.6) is 0 Å². The van der Waals surface area contributed by atoms with Crippen molar-refractivity contribution in [3.8, 4) is 0 Å². The van der Waals surface area contributed by atoms with E-state index in [1.54, 1.807) is 18.2 Å². The van der Waals surface area contributed by atoms with E-state index in [9.17, 15) is 4.79 Å². The number of aromatic nitrogens is 1. The Bertz CT molecular complexity index is 615. The topological polar surface area (TPSA) is 80.0 Å². The fraction of sp³-hybridized carbons (Fsp3) is 0.0769. The van der Waals surface area contributed by atoms with E-state index in [4.69, 9.17) is 17.3 Å². The number of rotatable bonds is 3. The Kier molecular flexibility index (Phi) is 3.87. The van der Waals surface area contributed by atoms with Crippen molar-refractivity contribution in [1.82, 2.24) is 4.98 Å². The number of nitrogens with one attached hydrogen (secondary N) is 2. The molecule has 19 heavy (non-hydrogen) atoms. The van der Waals surface area contributed by atoms with E-state index in [1.165, 1.54) is 13.1 Å². The van der Waals surface area contributed by atoms with Gasteiger partial charge in [0.2, 0.25) is 5.91 Å². The molecule has 0 saturated carbocycles. The Balaban J connectivity index is 2.21. The Hall–Kier alpha value is -2.27. The lowest BCUT2D eigenvalue weighted by Crippen LogP contribution is -2.05. The number of anilines is 4. The number of benzene rings is 1. The highest BCUT2D eigenvalue weighted by Crippen LogP contribution is 2.25. The van der Waals surface area contributed by atoms with Gasteiger partial charge in [-0.15, -0.1) is 0 Å². The van der Waals surface area contributed by atoms with Gasteiger partial charge in [0.15, 0.2) is 0 Å². The lowest BCUT2D eigenvalue weighted by Gasteiger charge is -2.09. The molecular weight excluding hydrogens is 264 g/mol. The van der Waals surface area contributed by atoms with Gasteiger partial charge in [-0.25, -0.2) is 4.98 Å². The normalized spacial score (nSPS) is 10.0. The van der Waals surface area contributed by atoms with Gasteiger partial charge in [-0.05, 0) is 24.3 Å². The van der Waals surface area contributed by atoms with Crippen molar-refractivity contribution in [2.75, 3.05) is 16.4 Å². The van der Waals surface area contributed by atoms with Gasteiger partial charge in [-0.3, -0.25) is 4.79 Å². The number of hydrogen-bond donors (Lipinski definition) is 3. The smallest absolute Gasteiger partial charge is 0.221 e. The number of carbonyl (C=O) groups is 1. The number of pyridine rings is 1. The van der Waals surface area contributed by atoms with E-state index < -0.39 is 0 Å². The molecule has 2 aromatic rings. The van der Waals surface area contributed by atoms with Gasteiger partial charge in [0.25, 0.3) is 0 Å². The molecule has 2 rings (SSSR count). The summed E-state index contributed by atoms with van der Waals surface area (Å²) in [5, 5.41) is 6.20. The molecule has 1 heterocycles. The first-order valence-electron chi connectivity index (χ1n) is 5.60. The molecule has 0 aliphatic rings. The molecule has 1 aromatic carbocycles. The van der Waals surface area contributed by atoms with Gasteiger partial charge in [-0.2, -0.15) is 0 Å². The van der Waals surface area contributed by atoms with Crippen LogP contribution in [-0.4, -0.2) is 10.9 Å². The van der Waals surface area contributed by atoms with E-state index in [0.29, 0.717) is 22.2 Å². The van der Waals surface area contributed by atoms with Crippen LogP contribution in [0.1, 0.15) is 6.92 Å². The lowest BCUT2D eigenvalue weighted by atomic mass is 10.2. The summed E-state index contributed by atoms with van der Waals surface area (Å²) in [6, 6.07) is 8.87. The van der Waals surface area contributed by atoms with E-state index in [1.807, 2.05) is 12.1 Å². The highest BCUT2D eigenvalue weighted by molar-refractivity contribution is 6.33. The fourth-order valence-corrected chi connectivity index (χ4v) is 1.78. The maximum atomic E-state index is 11.0. The van der Waals surface area contributed by atoms with Crippen molar-refractivity contribution in [2.45, 2.75) is 6.92 Å². The molecule has 1 aromatic heterocycles. The van der Waals surface area contributed by atoms with E-state index >= 15 is 0 Å². The molecule has 0 fully saturated rings. The zero-order chi connectivity index (χ0) is 13.8. The monoisotopic (exact) mass is 276 g/mol. The predicted molar refractivity (Wildman–Crippen MR) is 77.7 cm³/mol. The summed E-state index contributed by atoms with van der Waals surface area (Å²) < 4.78 is 0. The van der Waals surface area contributed by atoms with Crippen LogP contribution in [0.3, 0.4) is 0 Å². The largest absolute Gasteiger partial charge is 0.397 e. The van der Waals surface area contributed by atoms with Crippen molar-refractivity contribution in [3.63, 3.8) is 0 Å². The summed E-state index contributed by atoms with van der Waals surface area (Å²) in [6.07, 6.45) is 1.52. The zero-order valence-electron chi connectivity index (χ0n) is 10.3. The number of nitrogens with zero attached hydrogens (tertiary/aromatic N) is 1. The minimum atomic E-state index is -0.124. The minimum absolute atomic E-state index is 0.124. The molecule has 98 valence electrons. The Morgan fingerprint density at radius 2 is 2.05 bits per heavy atom.